The van der Waals surface area contributed by atoms with Crippen LogP contribution in [-0.4, -0.2) is 65.7 Å². The molecule has 34 heavy (non-hydrogen) atoms. The summed E-state index contributed by atoms with van der Waals surface area (Å²) in [7, 11) is 0.353. The number of pyridine rings is 1. The quantitative estimate of drug-likeness (QED) is 0.525. The fourth-order valence-corrected chi connectivity index (χ4v) is 5.29. The molecule has 1 amide bonds. The van der Waals surface area contributed by atoms with Crippen molar-refractivity contribution in [3.63, 3.8) is 0 Å². The van der Waals surface area contributed by atoms with Gasteiger partial charge in [-0.2, -0.15) is 4.31 Å². The molecule has 1 aliphatic heterocycles. The van der Waals surface area contributed by atoms with E-state index in [0.717, 1.165) is 18.4 Å². The minimum absolute atomic E-state index is 0.00692. The minimum atomic E-state index is -3.51. The molecule has 1 aliphatic rings. The van der Waals surface area contributed by atoms with Crippen LogP contribution in [0, 0.1) is 0 Å². The van der Waals surface area contributed by atoms with Crippen LogP contribution in [0.2, 0.25) is 0 Å². The zero-order valence-corrected chi connectivity index (χ0v) is 19.9. The van der Waals surface area contributed by atoms with Gasteiger partial charge >= 0.3 is 0 Å². The first-order valence-corrected chi connectivity index (χ1v) is 12.3. The van der Waals surface area contributed by atoms with Gasteiger partial charge in [-0.15, -0.1) is 0 Å². The van der Waals surface area contributed by atoms with Gasteiger partial charge in [-0.25, -0.2) is 18.4 Å². The topological polar surface area (TPSA) is 134 Å². The first-order chi connectivity index (χ1) is 16.3. The van der Waals surface area contributed by atoms with Gasteiger partial charge in [0.2, 0.25) is 10.0 Å². The van der Waals surface area contributed by atoms with E-state index in [-0.39, 0.29) is 16.4 Å². The van der Waals surface area contributed by atoms with Gasteiger partial charge in [-0.3, -0.25) is 9.78 Å². The van der Waals surface area contributed by atoms with Crippen LogP contribution in [0.4, 0.5) is 11.5 Å². The molecule has 0 unspecified atom stereocenters. The predicted octanol–water partition coefficient (Wildman–Crippen LogP) is 2.22. The van der Waals surface area contributed by atoms with E-state index in [1.807, 2.05) is 25.1 Å². The number of amides is 1. The maximum absolute atomic E-state index is 13.0. The Morgan fingerprint density at radius 2 is 1.82 bits per heavy atom. The van der Waals surface area contributed by atoms with Crippen molar-refractivity contribution in [3.05, 3.63) is 60.2 Å². The zero-order valence-electron chi connectivity index (χ0n) is 19.1. The third-order valence-electron chi connectivity index (χ3n) is 5.51. The average Bonchev–Trinajstić information content (AvgIpc) is 3.36. The van der Waals surface area contributed by atoms with Crippen molar-refractivity contribution in [2.75, 3.05) is 38.2 Å². The van der Waals surface area contributed by atoms with Crippen LogP contribution in [0.25, 0.3) is 11.3 Å². The number of benzene rings is 1. The lowest BCUT2D eigenvalue weighted by Crippen LogP contribution is -2.27. The summed E-state index contributed by atoms with van der Waals surface area (Å²) < 4.78 is 27.0. The number of rotatable bonds is 7. The number of nitrogens with one attached hydrogen (secondary N) is 1. The van der Waals surface area contributed by atoms with Crippen LogP contribution in [0.15, 0.2) is 53.8 Å². The molecule has 1 aromatic carbocycles. The molecule has 0 saturated carbocycles. The van der Waals surface area contributed by atoms with E-state index in [4.69, 9.17) is 5.73 Å². The van der Waals surface area contributed by atoms with Gasteiger partial charge in [0.05, 0.1) is 28.7 Å². The lowest BCUT2D eigenvalue weighted by Gasteiger charge is -2.16. The highest BCUT2D eigenvalue weighted by Crippen LogP contribution is 2.25. The molecule has 0 bridgehead atoms. The molecule has 3 aromatic rings. The molecule has 0 atom stereocenters. The number of carbonyl (C=O) groups excluding carboxylic acids is 1. The predicted molar refractivity (Wildman–Crippen MR) is 129 cm³/mol. The lowest BCUT2D eigenvalue weighted by molar-refractivity contribution is 0.102. The Balaban J connectivity index is 1.57. The molecular weight excluding hydrogens is 454 g/mol. The summed E-state index contributed by atoms with van der Waals surface area (Å²) in [4.78, 5) is 27.8. The fraction of sp³-hybridized carbons (Fsp3) is 0.304. The minimum Gasteiger partial charge on any atom is -0.382 e. The SMILES string of the molecule is CN(C)Cc1ccncc1NC(=O)c1nc(-c2ccc(S(=O)(=O)N3CCCC3)cc2)cnc1N. The Morgan fingerprint density at radius 3 is 2.50 bits per heavy atom. The average molecular weight is 482 g/mol. The number of anilines is 2. The number of aromatic nitrogens is 3. The largest absolute Gasteiger partial charge is 0.382 e. The van der Waals surface area contributed by atoms with Gasteiger partial charge in [0, 0.05) is 31.4 Å². The third kappa shape index (κ3) is 5.06. The molecular formula is C23H27N7O3S. The van der Waals surface area contributed by atoms with Crippen LogP contribution < -0.4 is 11.1 Å². The van der Waals surface area contributed by atoms with E-state index >= 15 is 0 Å². The highest BCUT2D eigenvalue weighted by molar-refractivity contribution is 7.89. The number of nitrogens with zero attached hydrogens (tertiary/aromatic N) is 5. The number of nitrogens with two attached hydrogens (primary N) is 1. The van der Waals surface area contributed by atoms with Crippen LogP contribution >= 0.6 is 0 Å². The molecule has 1 saturated heterocycles. The third-order valence-corrected chi connectivity index (χ3v) is 7.43. The highest BCUT2D eigenvalue weighted by Gasteiger charge is 2.27. The molecule has 0 spiro atoms. The second kappa shape index (κ2) is 9.84. The maximum atomic E-state index is 13.0. The Bertz CT molecular complexity index is 1290. The van der Waals surface area contributed by atoms with E-state index in [1.165, 1.54) is 10.5 Å². The highest BCUT2D eigenvalue weighted by atomic mass is 32.2. The van der Waals surface area contributed by atoms with Crippen molar-refractivity contribution in [3.8, 4) is 11.3 Å². The summed E-state index contributed by atoms with van der Waals surface area (Å²) in [5.41, 5.74) is 8.41. The van der Waals surface area contributed by atoms with Crippen molar-refractivity contribution in [1.82, 2.24) is 24.2 Å². The summed E-state index contributed by atoms with van der Waals surface area (Å²) in [6.45, 7) is 1.70. The number of nitrogen functional groups attached to an aromatic ring is 1. The van der Waals surface area contributed by atoms with Crippen LogP contribution in [0.1, 0.15) is 28.9 Å². The van der Waals surface area contributed by atoms with E-state index in [9.17, 15) is 13.2 Å². The molecule has 178 valence electrons. The molecule has 3 heterocycles. The van der Waals surface area contributed by atoms with Crippen molar-refractivity contribution >= 4 is 27.4 Å². The van der Waals surface area contributed by atoms with Crippen molar-refractivity contribution in [1.29, 1.82) is 0 Å². The molecule has 10 nitrogen and oxygen atoms in total. The molecule has 11 heteroatoms. The second-order valence-electron chi connectivity index (χ2n) is 8.35. The zero-order chi connectivity index (χ0) is 24.3. The van der Waals surface area contributed by atoms with Crippen LogP contribution in [0.5, 0.6) is 0 Å². The van der Waals surface area contributed by atoms with Crippen LogP contribution in [-0.2, 0) is 16.6 Å². The van der Waals surface area contributed by atoms with Gasteiger partial charge in [0.25, 0.3) is 5.91 Å². The van der Waals surface area contributed by atoms with Gasteiger partial charge in [0.1, 0.15) is 0 Å². The van der Waals surface area contributed by atoms with Crippen molar-refractivity contribution in [2.45, 2.75) is 24.3 Å². The second-order valence-corrected chi connectivity index (χ2v) is 10.3. The smallest absolute Gasteiger partial charge is 0.278 e. The summed E-state index contributed by atoms with van der Waals surface area (Å²) in [6, 6.07) is 8.23. The first kappa shape index (κ1) is 23.7. The molecule has 0 aliphatic carbocycles. The van der Waals surface area contributed by atoms with Gasteiger partial charge in [0.15, 0.2) is 11.5 Å². The summed E-state index contributed by atoms with van der Waals surface area (Å²) >= 11 is 0. The van der Waals surface area contributed by atoms with Crippen molar-refractivity contribution in [2.24, 2.45) is 0 Å². The fourth-order valence-electron chi connectivity index (χ4n) is 3.78. The summed E-state index contributed by atoms with van der Waals surface area (Å²) in [5, 5.41) is 2.82. The van der Waals surface area contributed by atoms with E-state index in [2.05, 4.69) is 20.3 Å². The number of hydrogen-bond donors (Lipinski definition) is 2. The van der Waals surface area contributed by atoms with Gasteiger partial charge in [-0.05, 0) is 50.7 Å². The van der Waals surface area contributed by atoms with E-state index in [1.54, 1.807) is 36.7 Å². The Morgan fingerprint density at radius 1 is 1.12 bits per heavy atom. The Labute approximate surface area is 198 Å². The number of carbonyl (C=O) groups is 1. The Hall–Kier alpha value is -3.41. The molecule has 3 N–H and O–H groups in total. The van der Waals surface area contributed by atoms with Gasteiger partial charge < -0.3 is 16.0 Å². The summed E-state index contributed by atoms with van der Waals surface area (Å²) in [6.07, 6.45) is 6.44. The lowest BCUT2D eigenvalue weighted by atomic mass is 10.1. The standard InChI is InChI=1S/C23H27N7O3S/c1-29(2)15-17-9-10-25-13-19(17)28-23(31)21-22(24)26-14-20(27-21)16-5-7-18(8-6-16)34(32,33)30-11-3-4-12-30/h5-10,13-14H,3-4,11-12,15H2,1-2H3,(H2,24,26)(H,28,31). The molecule has 4 rings (SSSR count). The van der Waals surface area contributed by atoms with E-state index < -0.39 is 15.9 Å². The number of hydrogen-bond acceptors (Lipinski definition) is 8. The van der Waals surface area contributed by atoms with Crippen LogP contribution in [0.3, 0.4) is 0 Å². The summed E-state index contributed by atoms with van der Waals surface area (Å²) in [5.74, 6) is -0.513. The van der Waals surface area contributed by atoms with E-state index in [0.29, 0.717) is 36.6 Å². The first-order valence-electron chi connectivity index (χ1n) is 10.9. The van der Waals surface area contributed by atoms with Gasteiger partial charge in [-0.1, -0.05) is 12.1 Å². The Kier molecular flexibility index (Phi) is 6.87. The molecule has 2 aromatic heterocycles. The monoisotopic (exact) mass is 481 g/mol. The normalized spacial score (nSPS) is 14.4. The molecule has 0 radical (unpaired) electrons. The molecule has 1 fully saturated rings. The number of sulfonamides is 1. The van der Waals surface area contributed by atoms with Crippen molar-refractivity contribution < 1.29 is 13.2 Å². The maximum Gasteiger partial charge on any atom is 0.278 e.